The number of carbonyl (C=O) groups excluding carboxylic acids is 1. The summed E-state index contributed by atoms with van der Waals surface area (Å²) in [6, 6.07) is 0.621. The number of halogens is 1. The van der Waals surface area contributed by atoms with Gasteiger partial charge >= 0.3 is 0 Å². The molecule has 92 valence electrons. The number of alkyl halides is 1. The zero-order chi connectivity index (χ0) is 11.5. The van der Waals surface area contributed by atoms with Gasteiger partial charge in [-0.05, 0) is 39.3 Å². The number of carbonyl (C=O) groups is 1. The van der Waals surface area contributed by atoms with Gasteiger partial charge in [-0.2, -0.15) is 0 Å². The van der Waals surface area contributed by atoms with Gasteiger partial charge in [-0.1, -0.05) is 22.4 Å². The standard InChI is InChI=1S/C12H21BrN2O/c1-10(13)12(16)15-8-5-11(9-15)14-6-3-2-4-7-14/h10-11H,2-9H2,1H3. The Morgan fingerprint density at radius 1 is 1.25 bits per heavy atom. The van der Waals surface area contributed by atoms with Crippen molar-refractivity contribution in [3.8, 4) is 0 Å². The highest BCUT2D eigenvalue weighted by Crippen LogP contribution is 2.21. The number of hydrogen-bond acceptors (Lipinski definition) is 2. The predicted octanol–water partition coefficient (Wildman–Crippen LogP) is 1.86. The smallest absolute Gasteiger partial charge is 0.236 e. The molecule has 0 aromatic heterocycles. The number of piperidine rings is 1. The van der Waals surface area contributed by atoms with Gasteiger partial charge in [-0.25, -0.2) is 0 Å². The number of rotatable bonds is 2. The van der Waals surface area contributed by atoms with E-state index in [4.69, 9.17) is 0 Å². The molecule has 2 aliphatic heterocycles. The molecule has 0 saturated carbocycles. The summed E-state index contributed by atoms with van der Waals surface area (Å²) in [5, 5.41) is 0. The Hall–Kier alpha value is -0.0900. The molecule has 0 spiro atoms. The third-order valence-corrected chi connectivity index (χ3v) is 4.11. The maximum Gasteiger partial charge on any atom is 0.236 e. The van der Waals surface area contributed by atoms with Crippen LogP contribution in [-0.2, 0) is 4.79 Å². The topological polar surface area (TPSA) is 23.6 Å². The summed E-state index contributed by atoms with van der Waals surface area (Å²) in [5.74, 6) is 0.250. The summed E-state index contributed by atoms with van der Waals surface area (Å²) >= 11 is 3.36. The van der Waals surface area contributed by atoms with E-state index >= 15 is 0 Å². The van der Waals surface area contributed by atoms with Crippen LogP contribution in [0.3, 0.4) is 0 Å². The lowest BCUT2D eigenvalue weighted by Crippen LogP contribution is -2.42. The fourth-order valence-electron chi connectivity index (χ4n) is 2.78. The Balaban J connectivity index is 1.85. The monoisotopic (exact) mass is 288 g/mol. The Morgan fingerprint density at radius 2 is 1.94 bits per heavy atom. The molecule has 3 nitrogen and oxygen atoms in total. The van der Waals surface area contributed by atoms with Gasteiger partial charge in [0, 0.05) is 19.1 Å². The lowest BCUT2D eigenvalue weighted by molar-refractivity contribution is -0.129. The van der Waals surface area contributed by atoms with E-state index in [1.807, 2.05) is 11.8 Å². The van der Waals surface area contributed by atoms with Gasteiger partial charge < -0.3 is 4.90 Å². The van der Waals surface area contributed by atoms with Gasteiger partial charge in [0.05, 0.1) is 4.83 Å². The quantitative estimate of drug-likeness (QED) is 0.724. The molecular formula is C12H21BrN2O. The SMILES string of the molecule is CC(Br)C(=O)N1CCC(N2CCCCC2)C1. The van der Waals surface area contributed by atoms with E-state index in [1.54, 1.807) is 0 Å². The molecule has 2 unspecified atom stereocenters. The van der Waals surface area contributed by atoms with E-state index < -0.39 is 0 Å². The third-order valence-electron chi connectivity index (χ3n) is 3.72. The Labute approximate surface area is 106 Å². The van der Waals surface area contributed by atoms with Crippen molar-refractivity contribution in [2.45, 2.75) is 43.5 Å². The van der Waals surface area contributed by atoms with Crippen molar-refractivity contribution >= 4 is 21.8 Å². The molecule has 16 heavy (non-hydrogen) atoms. The lowest BCUT2D eigenvalue weighted by atomic mass is 10.1. The zero-order valence-corrected chi connectivity index (χ0v) is 11.6. The molecule has 2 atom stereocenters. The first kappa shape index (κ1) is 12.4. The number of likely N-dealkylation sites (tertiary alicyclic amines) is 2. The average Bonchev–Trinajstić information content (AvgIpc) is 2.78. The first-order chi connectivity index (χ1) is 7.68. The summed E-state index contributed by atoms with van der Waals surface area (Å²) < 4.78 is 0. The third kappa shape index (κ3) is 2.77. The Kier molecular flexibility index (Phi) is 4.25. The molecular weight excluding hydrogens is 268 g/mol. The van der Waals surface area contributed by atoms with Crippen molar-refractivity contribution in [3.05, 3.63) is 0 Å². The molecule has 0 radical (unpaired) electrons. The molecule has 2 fully saturated rings. The summed E-state index contributed by atoms with van der Waals surface area (Å²) in [7, 11) is 0. The van der Waals surface area contributed by atoms with Crippen LogP contribution in [0.2, 0.25) is 0 Å². The van der Waals surface area contributed by atoms with Crippen LogP contribution in [0.5, 0.6) is 0 Å². The molecule has 0 aliphatic carbocycles. The van der Waals surface area contributed by atoms with Crippen LogP contribution in [0.25, 0.3) is 0 Å². The number of nitrogens with zero attached hydrogens (tertiary/aromatic N) is 2. The maximum atomic E-state index is 11.8. The van der Waals surface area contributed by atoms with Gasteiger partial charge in [-0.15, -0.1) is 0 Å². The van der Waals surface area contributed by atoms with Crippen molar-refractivity contribution in [1.82, 2.24) is 9.80 Å². The van der Waals surface area contributed by atoms with E-state index in [0.717, 1.165) is 19.5 Å². The average molecular weight is 289 g/mol. The van der Waals surface area contributed by atoms with Crippen molar-refractivity contribution in [1.29, 1.82) is 0 Å². The minimum Gasteiger partial charge on any atom is -0.340 e. The van der Waals surface area contributed by atoms with Gasteiger partial charge in [0.25, 0.3) is 0 Å². The van der Waals surface area contributed by atoms with Crippen LogP contribution in [0, 0.1) is 0 Å². The molecule has 2 heterocycles. The second-order valence-corrected chi connectivity index (χ2v) is 6.31. The van der Waals surface area contributed by atoms with E-state index in [9.17, 15) is 4.79 Å². The van der Waals surface area contributed by atoms with Crippen LogP contribution in [0.15, 0.2) is 0 Å². The van der Waals surface area contributed by atoms with E-state index in [-0.39, 0.29) is 10.7 Å². The fourth-order valence-corrected chi connectivity index (χ4v) is 3.06. The minimum atomic E-state index is -0.0346. The van der Waals surface area contributed by atoms with Crippen LogP contribution in [0.4, 0.5) is 0 Å². The Bertz CT molecular complexity index is 251. The van der Waals surface area contributed by atoms with Gasteiger partial charge in [0.1, 0.15) is 0 Å². The largest absolute Gasteiger partial charge is 0.340 e. The van der Waals surface area contributed by atoms with E-state index in [1.165, 1.54) is 32.4 Å². The number of hydrogen-bond donors (Lipinski definition) is 0. The van der Waals surface area contributed by atoms with E-state index in [2.05, 4.69) is 20.8 Å². The summed E-state index contributed by atoms with van der Waals surface area (Å²) in [4.78, 5) is 16.4. The molecule has 0 N–H and O–H groups in total. The highest BCUT2D eigenvalue weighted by Gasteiger charge is 2.31. The molecule has 0 bridgehead atoms. The molecule has 1 amide bonds. The lowest BCUT2D eigenvalue weighted by Gasteiger charge is -2.32. The van der Waals surface area contributed by atoms with Crippen LogP contribution >= 0.6 is 15.9 Å². The molecule has 2 aliphatic rings. The normalized spacial score (nSPS) is 29.4. The molecule has 0 aromatic carbocycles. The van der Waals surface area contributed by atoms with E-state index in [0.29, 0.717) is 6.04 Å². The van der Waals surface area contributed by atoms with Crippen LogP contribution in [-0.4, -0.2) is 52.8 Å². The van der Waals surface area contributed by atoms with Gasteiger partial charge in [0.2, 0.25) is 5.91 Å². The molecule has 2 rings (SSSR count). The summed E-state index contributed by atoms with van der Waals surface area (Å²) in [6.45, 7) is 6.26. The molecule has 0 aromatic rings. The van der Waals surface area contributed by atoms with Crippen LogP contribution < -0.4 is 0 Å². The Morgan fingerprint density at radius 3 is 2.56 bits per heavy atom. The highest BCUT2D eigenvalue weighted by molar-refractivity contribution is 9.10. The van der Waals surface area contributed by atoms with Crippen molar-refractivity contribution in [2.24, 2.45) is 0 Å². The van der Waals surface area contributed by atoms with Crippen molar-refractivity contribution in [3.63, 3.8) is 0 Å². The second-order valence-electron chi connectivity index (χ2n) is 4.94. The maximum absolute atomic E-state index is 11.8. The van der Waals surface area contributed by atoms with Gasteiger partial charge in [0.15, 0.2) is 0 Å². The van der Waals surface area contributed by atoms with Crippen molar-refractivity contribution < 1.29 is 4.79 Å². The van der Waals surface area contributed by atoms with Gasteiger partial charge in [-0.3, -0.25) is 9.69 Å². The first-order valence-corrected chi connectivity index (χ1v) is 7.27. The fraction of sp³-hybridized carbons (Fsp3) is 0.917. The predicted molar refractivity (Wildman–Crippen MR) is 68.8 cm³/mol. The highest BCUT2D eigenvalue weighted by atomic mass is 79.9. The summed E-state index contributed by atoms with van der Waals surface area (Å²) in [6.07, 6.45) is 5.20. The number of amides is 1. The summed E-state index contributed by atoms with van der Waals surface area (Å²) in [5.41, 5.74) is 0. The molecule has 2 saturated heterocycles. The first-order valence-electron chi connectivity index (χ1n) is 6.35. The second kappa shape index (κ2) is 5.50. The zero-order valence-electron chi connectivity index (χ0n) is 9.99. The molecule has 4 heteroatoms. The van der Waals surface area contributed by atoms with Crippen molar-refractivity contribution in [2.75, 3.05) is 26.2 Å². The van der Waals surface area contributed by atoms with Crippen LogP contribution in [0.1, 0.15) is 32.6 Å². The minimum absolute atomic E-state index is 0.0346.